The van der Waals surface area contributed by atoms with Crippen LogP contribution >= 0.6 is 11.8 Å². The average Bonchev–Trinajstić information content (AvgIpc) is 2.29. The third-order valence-electron chi connectivity index (χ3n) is 2.02. The molecule has 0 aliphatic rings. The molecule has 0 spiro atoms. The van der Waals surface area contributed by atoms with Gasteiger partial charge in [0.25, 0.3) is 0 Å². The van der Waals surface area contributed by atoms with Crippen LogP contribution < -0.4 is 5.73 Å². The first-order chi connectivity index (χ1) is 8.13. The predicted molar refractivity (Wildman–Crippen MR) is 66.7 cm³/mol. The maximum atomic E-state index is 11.3. The van der Waals surface area contributed by atoms with Gasteiger partial charge in [0, 0.05) is 17.6 Å². The summed E-state index contributed by atoms with van der Waals surface area (Å²) in [7, 11) is 0. The Morgan fingerprint density at radius 2 is 2.41 bits per heavy atom. The van der Waals surface area contributed by atoms with E-state index in [0.29, 0.717) is 23.9 Å². The summed E-state index contributed by atoms with van der Waals surface area (Å²) in [5.41, 5.74) is 6.60. The highest BCUT2D eigenvalue weighted by Gasteiger charge is 2.14. The summed E-state index contributed by atoms with van der Waals surface area (Å²) < 4.78 is 4.82. The van der Waals surface area contributed by atoms with Crippen molar-refractivity contribution < 1.29 is 9.53 Å². The van der Waals surface area contributed by atoms with Crippen molar-refractivity contribution in [3.63, 3.8) is 0 Å². The van der Waals surface area contributed by atoms with Crippen molar-refractivity contribution in [1.82, 2.24) is 9.97 Å². The molecule has 1 atom stereocenters. The molecule has 0 saturated heterocycles. The molecule has 5 nitrogen and oxygen atoms in total. The number of carbonyl (C=O) groups excluding carboxylic acids is 1. The van der Waals surface area contributed by atoms with Gasteiger partial charge in [0.05, 0.1) is 6.61 Å². The number of rotatable bonds is 6. The van der Waals surface area contributed by atoms with E-state index in [1.54, 1.807) is 13.1 Å². The van der Waals surface area contributed by atoms with Crippen molar-refractivity contribution in [3.05, 3.63) is 18.0 Å². The van der Waals surface area contributed by atoms with Crippen LogP contribution in [0.25, 0.3) is 0 Å². The lowest BCUT2D eigenvalue weighted by atomic mass is 10.2. The monoisotopic (exact) mass is 255 g/mol. The second-order valence-corrected chi connectivity index (χ2v) is 4.54. The molecule has 0 saturated carbocycles. The number of hydrogen-bond acceptors (Lipinski definition) is 6. The third-order valence-corrected chi connectivity index (χ3v) is 2.92. The molecule has 1 heterocycles. The lowest BCUT2D eigenvalue weighted by Gasteiger charge is -2.09. The van der Waals surface area contributed by atoms with E-state index >= 15 is 0 Å². The van der Waals surface area contributed by atoms with E-state index in [9.17, 15) is 4.79 Å². The minimum atomic E-state index is -0.563. The van der Waals surface area contributed by atoms with Gasteiger partial charge in [0.15, 0.2) is 5.16 Å². The Morgan fingerprint density at radius 1 is 1.65 bits per heavy atom. The summed E-state index contributed by atoms with van der Waals surface area (Å²) in [4.78, 5) is 19.6. The van der Waals surface area contributed by atoms with Gasteiger partial charge in [-0.3, -0.25) is 4.79 Å². The number of thioether (sulfide) groups is 1. The SMILES string of the molecule is CCOC(=O)C(N)CCSc1nccc(C)n1. The van der Waals surface area contributed by atoms with E-state index in [-0.39, 0.29) is 5.97 Å². The summed E-state index contributed by atoms with van der Waals surface area (Å²) >= 11 is 1.49. The van der Waals surface area contributed by atoms with Crippen molar-refractivity contribution in [1.29, 1.82) is 0 Å². The van der Waals surface area contributed by atoms with Crippen LogP contribution in [0.4, 0.5) is 0 Å². The van der Waals surface area contributed by atoms with Gasteiger partial charge in [0.1, 0.15) is 6.04 Å². The van der Waals surface area contributed by atoms with Gasteiger partial charge in [-0.1, -0.05) is 11.8 Å². The van der Waals surface area contributed by atoms with Crippen LogP contribution in [0.3, 0.4) is 0 Å². The number of carbonyl (C=O) groups is 1. The van der Waals surface area contributed by atoms with Crippen molar-refractivity contribution in [2.45, 2.75) is 31.5 Å². The Hall–Kier alpha value is -1.14. The van der Waals surface area contributed by atoms with Crippen molar-refractivity contribution >= 4 is 17.7 Å². The van der Waals surface area contributed by atoms with Gasteiger partial charge < -0.3 is 10.5 Å². The van der Waals surface area contributed by atoms with Crippen molar-refractivity contribution in [2.24, 2.45) is 5.73 Å². The van der Waals surface area contributed by atoms with Crippen LogP contribution in [0.1, 0.15) is 19.0 Å². The number of aromatic nitrogens is 2. The normalized spacial score (nSPS) is 12.2. The molecule has 0 aliphatic carbocycles. The third kappa shape index (κ3) is 5.14. The van der Waals surface area contributed by atoms with E-state index in [4.69, 9.17) is 10.5 Å². The summed E-state index contributed by atoms with van der Waals surface area (Å²) in [5, 5.41) is 0.709. The van der Waals surface area contributed by atoms with Gasteiger partial charge >= 0.3 is 5.97 Å². The average molecular weight is 255 g/mol. The van der Waals surface area contributed by atoms with Gasteiger partial charge in [-0.15, -0.1) is 0 Å². The minimum absolute atomic E-state index is 0.349. The summed E-state index contributed by atoms with van der Waals surface area (Å²) in [6.07, 6.45) is 2.27. The molecule has 0 radical (unpaired) electrons. The number of nitrogens with two attached hydrogens (primary N) is 1. The number of esters is 1. The zero-order valence-corrected chi connectivity index (χ0v) is 10.9. The fraction of sp³-hybridized carbons (Fsp3) is 0.545. The second kappa shape index (κ2) is 7.24. The molecule has 17 heavy (non-hydrogen) atoms. The molecule has 2 N–H and O–H groups in total. The number of aryl methyl sites for hydroxylation is 1. The van der Waals surface area contributed by atoms with E-state index in [2.05, 4.69) is 9.97 Å². The summed E-state index contributed by atoms with van der Waals surface area (Å²) in [6.45, 7) is 4.04. The molecule has 0 fully saturated rings. The smallest absolute Gasteiger partial charge is 0.322 e. The molecule has 1 rings (SSSR count). The first-order valence-electron chi connectivity index (χ1n) is 5.48. The van der Waals surface area contributed by atoms with Crippen LogP contribution in [0, 0.1) is 6.92 Å². The first kappa shape index (κ1) is 13.9. The lowest BCUT2D eigenvalue weighted by molar-refractivity contribution is -0.144. The van der Waals surface area contributed by atoms with E-state index in [0.717, 1.165) is 5.69 Å². The maximum absolute atomic E-state index is 11.3. The molecule has 0 bridgehead atoms. The Balaban J connectivity index is 2.30. The van der Waals surface area contributed by atoms with Crippen LogP contribution in [0.2, 0.25) is 0 Å². The van der Waals surface area contributed by atoms with Crippen LogP contribution in [-0.4, -0.2) is 34.3 Å². The second-order valence-electron chi connectivity index (χ2n) is 3.48. The van der Waals surface area contributed by atoms with Crippen LogP contribution in [-0.2, 0) is 9.53 Å². The van der Waals surface area contributed by atoms with Gasteiger partial charge in [0.2, 0.25) is 0 Å². The molecule has 1 unspecified atom stereocenters. The summed E-state index contributed by atoms with van der Waals surface area (Å²) in [5.74, 6) is 0.349. The molecule has 6 heteroatoms. The van der Waals surface area contributed by atoms with Gasteiger partial charge in [-0.25, -0.2) is 9.97 Å². The van der Waals surface area contributed by atoms with E-state index in [1.165, 1.54) is 11.8 Å². The highest BCUT2D eigenvalue weighted by atomic mass is 32.2. The Bertz CT molecular complexity index is 373. The maximum Gasteiger partial charge on any atom is 0.322 e. The van der Waals surface area contributed by atoms with Gasteiger partial charge in [-0.05, 0) is 26.3 Å². The first-order valence-corrected chi connectivity index (χ1v) is 6.46. The quantitative estimate of drug-likeness (QED) is 0.467. The fourth-order valence-electron chi connectivity index (χ4n) is 1.14. The fourth-order valence-corrected chi connectivity index (χ4v) is 2.04. The van der Waals surface area contributed by atoms with Crippen LogP contribution in [0.15, 0.2) is 17.4 Å². The minimum Gasteiger partial charge on any atom is -0.465 e. The number of hydrogen-bond donors (Lipinski definition) is 1. The Kier molecular flexibility index (Phi) is 5.93. The van der Waals surface area contributed by atoms with Crippen LogP contribution in [0.5, 0.6) is 0 Å². The Morgan fingerprint density at radius 3 is 3.06 bits per heavy atom. The number of nitrogens with zero attached hydrogens (tertiary/aromatic N) is 2. The molecular formula is C11H17N3O2S. The molecule has 94 valence electrons. The van der Waals surface area contributed by atoms with Crippen molar-refractivity contribution in [2.75, 3.05) is 12.4 Å². The largest absolute Gasteiger partial charge is 0.465 e. The van der Waals surface area contributed by atoms with Crippen molar-refractivity contribution in [3.8, 4) is 0 Å². The van der Waals surface area contributed by atoms with Gasteiger partial charge in [-0.2, -0.15) is 0 Å². The molecule has 0 amide bonds. The highest BCUT2D eigenvalue weighted by molar-refractivity contribution is 7.99. The zero-order valence-electron chi connectivity index (χ0n) is 10.0. The topological polar surface area (TPSA) is 78.1 Å². The highest BCUT2D eigenvalue weighted by Crippen LogP contribution is 2.14. The molecule has 1 aromatic rings. The molecule has 0 aromatic carbocycles. The van der Waals surface area contributed by atoms with E-state index < -0.39 is 6.04 Å². The Labute approximate surface area is 105 Å². The predicted octanol–water partition coefficient (Wildman–Crippen LogP) is 1.16. The molecule has 1 aromatic heterocycles. The standard InChI is InChI=1S/C11H17N3O2S/c1-3-16-10(15)9(12)5-7-17-11-13-6-4-8(2)14-11/h4,6,9H,3,5,7,12H2,1-2H3. The number of ether oxygens (including phenoxy) is 1. The molecular weight excluding hydrogens is 238 g/mol. The lowest BCUT2D eigenvalue weighted by Crippen LogP contribution is -2.32. The summed E-state index contributed by atoms with van der Waals surface area (Å²) in [6, 6.07) is 1.28. The molecule has 0 aliphatic heterocycles. The zero-order chi connectivity index (χ0) is 12.7. The van der Waals surface area contributed by atoms with E-state index in [1.807, 2.05) is 13.0 Å².